The summed E-state index contributed by atoms with van der Waals surface area (Å²) in [5.41, 5.74) is 2.49. The van der Waals surface area contributed by atoms with Gasteiger partial charge in [0.15, 0.2) is 6.29 Å². The summed E-state index contributed by atoms with van der Waals surface area (Å²) in [6, 6.07) is 5.26. The lowest BCUT2D eigenvalue weighted by atomic mass is 9.98. The summed E-state index contributed by atoms with van der Waals surface area (Å²) >= 11 is 6.17. The van der Waals surface area contributed by atoms with E-state index in [9.17, 15) is 9.18 Å². The lowest BCUT2D eigenvalue weighted by molar-refractivity contribution is 0.111. The van der Waals surface area contributed by atoms with E-state index < -0.39 is 5.83 Å². The van der Waals surface area contributed by atoms with Gasteiger partial charge in [-0.3, -0.25) is 9.79 Å². The van der Waals surface area contributed by atoms with Crippen molar-refractivity contribution in [3.63, 3.8) is 0 Å². The van der Waals surface area contributed by atoms with Crippen molar-refractivity contribution in [2.24, 2.45) is 4.99 Å². The van der Waals surface area contributed by atoms with Gasteiger partial charge in [0.05, 0.1) is 17.9 Å². The average molecular weight is 356 g/mol. The van der Waals surface area contributed by atoms with Crippen molar-refractivity contribution < 1.29 is 9.18 Å². The number of hydrogen-bond acceptors (Lipinski definition) is 3. The Labute approximate surface area is 149 Å². The number of fused-ring (bicyclic) bond motifs is 3. The third-order valence-corrected chi connectivity index (χ3v) is 4.06. The fraction of sp³-hybridized carbons (Fsp3) is 0.105. The fourth-order valence-corrected chi connectivity index (χ4v) is 2.91. The first-order valence-electron chi connectivity index (χ1n) is 7.62. The molecule has 0 N–H and O–H groups in total. The number of rotatable bonds is 4. The van der Waals surface area contributed by atoms with E-state index in [-0.39, 0.29) is 6.54 Å². The van der Waals surface area contributed by atoms with Crippen LogP contribution in [0.2, 0.25) is 5.02 Å². The zero-order chi connectivity index (χ0) is 18.0. The van der Waals surface area contributed by atoms with E-state index in [0.29, 0.717) is 39.7 Å². The molecule has 4 nitrogen and oxygen atoms in total. The van der Waals surface area contributed by atoms with E-state index in [1.807, 2.05) is 0 Å². The summed E-state index contributed by atoms with van der Waals surface area (Å²) in [7, 11) is 0. The normalized spacial score (nSPS) is 14.3. The molecule has 0 saturated heterocycles. The van der Waals surface area contributed by atoms with Crippen LogP contribution >= 0.6 is 11.6 Å². The van der Waals surface area contributed by atoms with Crippen molar-refractivity contribution in [3.8, 4) is 5.69 Å². The Morgan fingerprint density at radius 1 is 1.44 bits per heavy atom. The van der Waals surface area contributed by atoms with Gasteiger partial charge in [-0.05, 0) is 25.1 Å². The number of carbonyl (C=O) groups is 1. The van der Waals surface area contributed by atoms with Gasteiger partial charge in [-0.15, -0.1) is 0 Å². The van der Waals surface area contributed by atoms with Gasteiger partial charge < -0.3 is 4.57 Å². The first-order chi connectivity index (χ1) is 12.1. The molecule has 2 aromatic rings. The molecule has 0 atom stereocenters. The Balaban J connectivity index is 2.29. The predicted octanol–water partition coefficient (Wildman–Crippen LogP) is 4.63. The van der Waals surface area contributed by atoms with Crippen LogP contribution in [0.4, 0.5) is 4.39 Å². The van der Waals surface area contributed by atoms with Crippen LogP contribution in [0.25, 0.3) is 5.69 Å². The number of imidazole rings is 1. The molecular formula is C19H15ClFN3O. The molecule has 0 amide bonds. The third kappa shape index (κ3) is 3.10. The molecule has 1 aromatic carbocycles. The summed E-state index contributed by atoms with van der Waals surface area (Å²) in [6.45, 7) is 5.48. The molecule has 0 saturated carbocycles. The highest BCUT2D eigenvalue weighted by Crippen LogP contribution is 2.30. The van der Waals surface area contributed by atoms with Crippen LogP contribution in [0.15, 0.2) is 65.6 Å². The Morgan fingerprint density at radius 3 is 2.92 bits per heavy atom. The Kier molecular flexibility index (Phi) is 4.76. The second-order valence-electron chi connectivity index (χ2n) is 5.35. The number of aldehydes is 1. The largest absolute Gasteiger partial charge is 0.301 e. The minimum Gasteiger partial charge on any atom is -0.301 e. The quantitative estimate of drug-likeness (QED) is 0.593. The zero-order valence-electron chi connectivity index (χ0n) is 13.5. The molecule has 1 aliphatic heterocycles. The molecule has 1 aromatic heterocycles. The summed E-state index contributed by atoms with van der Waals surface area (Å²) in [5, 5.41) is 0.504. The fourth-order valence-electron chi connectivity index (χ4n) is 2.73. The van der Waals surface area contributed by atoms with Crippen LogP contribution in [0.5, 0.6) is 0 Å². The standard InChI is InChI=1S/C19H15ClFN3O/c1-3-5-14(16(21)4-2)19-15-8-12(20)6-7-17(15)24-10-13(11-25)23-18(24)9-22-19/h3-8,10-11H,1,9H2,2H3/b14-5+,16-4+. The Hall–Kier alpha value is -2.79. The minimum absolute atomic E-state index is 0.209. The van der Waals surface area contributed by atoms with Gasteiger partial charge in [-0.1, -0.05) is 36.4 Å². The van der Waals surface area contributed by atoms with Crippen molar-refractivity contribution in [3.05, 3.63) is 82.7 Å². The molecule has 25 heavy (non-hydrogen) atoms. The lowest BCUT2D eigenvalue weighted by Gasteiger charge is -2.13. The minimum atomic E-state index is -0.405. The number of nitrogens with zero attached hydrogens (tertiary/aromatic N) is 3. The number of allylic oxidation sites excluding steroid dienone is 5. The highest BCUT2D eigenvalue weighted by Gasteiger charge is 2.23. The molecule has 0 unspecified atom stereocenters. The van der Waals surface area contributed by atoms with Crippen LogP contribution in [-0.2, 0) is 6.54 Å². The molecular weight excluding hydrogens is 341 g/mol. The van der Waals surface area contributed by atoms with Gasteiger partial charge in [0, 0.05) is 22.4 Å². The van der Waals surface area contributed by atoms with Gasteiger partial charge in [-0.2, -0.15) is 0 Å². The second kappa shape index (κ2) is 6.99. The van der Waals surface area contributed by atoms with Crippen molar-refractivity contribution >= 4 is 23.6 Å². The van der Waals surface area contributed by atoms with E-state index in [1.165, 1.54) is 12.2 Å². The molecule has 0 spiro atoms. The first kappa shape index (κ1) is 17.0. The van der Waals surface area contributed by atoms with Crippen molar-refractivity contribution in [2.75, 3.05) is 0 Å². The van der Waals surface area contributed by atoms with Gasteiger partial charge in [0.1, 0.15) is 17.3 Å². The molecule has 3 rings (SSSR count). The van der Waals surface area contributed by atoms with Gasteiger partial charge in [0.25, 0.3) is 0 Å². The van der Waals surface area contributed by atoms with Crippen molar-refractivity contribution in [1.29, 1.82) is 0 Å². The maximum absolute atomic E-state index is 14.4. The second-order valence-corrected chi connectivity index (χ2v) is 5.79. The van der Waals surface area contributed by atoms with Crippen LogP contribution in [0, 0.1) is 0 Å². The van der Waals surface area contributed by atoms with Crippen LogP contribution in [0.3, 0.4) is 0 Å². The molecule has 0 aliphatic carbocycles. The third-order valence-electron chi connectivity index (χ3n) is 3.82. The van der Waals surface area contributed by atoms with Crippen LogP contribution in [0.1, 0.15) is 28.8 Å². The molecule has 0 fully saturated rings. The average Bonchev–Trinajstić information content (AvgIpc) is 2.97. The molecule has 0 bridgehead atoms. The van der Waals surface area contributed by atoms with E-state index in [0.717, 1.165) is 5.69 Å². The van der Waals surface area contributed by atoms with Crippen LogP contribution < -0.4 is 0 Å². The number of halogens is 2. The summed E-state index contributed by atoms with van der Waals surface area (Å²) < 4.78 is 16.2. The van der Waals surface area contributed by atoms with Gasteiger partial charge in [0.2, 0.25) is 0 Å². The Bertz CT molecular complexity index is 954. The molecule has 0 radical (unpaired) electrons. The lowest BCUT2D eigenvalue weighted by Crippen LogP contribution is -2.09. The molecule has 1 aliphatic rings. The highest BCUT2D eigenvalue weighted by molar-refractivity contribution is 6.31. The van der Waals surface area contributed by atoms with Gasteiger partial charge >= 0.3 is 0 Å². The topological polar surface area (TPSA) is 47.2 Å². The van der Waals surface area contributed by atoms with Crippen molar-refractivity contribution in [1.82, 2.24) is 9.55 Å². The highest BCUT2D eigenvalue weighted by atomic mass is 35.5. The van der Waals surface area contributed by atoms with Gasteiger partial charge in [-0.25, -0.2) is 9.37 Å². The molecule has 6 heteroatoms. The van der Waals surface area contributed by atoms with E-state index in [2.05, 4.69) is 16.6 Å². The first-order valence-corrected chi connectivity index (χ1v) is 8.00. The molecule has 2 heterocycles. The maximum Gasteiger partial charge on any atom is 0.170 e. The monoisotopic (exact) mass is 355 g/mol. The number of benzene rings is 1. The SMILES string of the molecule is C=C/C=C(C1=NCc2nc(C=O)cn2-c2ccc(Cl)cc21)\C(F)=C/C. The summed E-state index contributed by atoms with van der Waals surface area (Å²) in [6.07, 6.45) is 6.78. The van der Waals surface area contributed by atoms with E-state index in [1.54, 1.807) is 42.0 Å². The van der Waals surface area contributed by atoms with Crippen LogP contribution in [-0.4, -0.2) is 21.5 Å². The van der Waals surface area contributed by atoms with Crippen molar-refractivity contribution in [2.45, 2.75) is 13.5 Å². The maximum atomic E-state index is 14.4. The number of aromatic nitrogens is 2. The zero-order valence-corrected chi connectivity index (χ0v) is 14.3. The summed E-state index contributed by atoms with van der Waals surface area (Å²) in [4.78, 5) is 19.9. The van der Waals surface area contributed by atoms with E-state index >= 15 is 0 Å². The molecule has 126 valence electrons. The number of carbonyl (C=O) groups excluding carboxylic acids is 1. The Morgan fingerprint density at radius 2 is 2.24 bits per heavy atom. The smallest absolute Gasteiger partial charge is 0.170 e. The number of aliphatic imine (C=N–C) groups is 1. The summed E-state index contributed by atoms with van der Waals surface area (Å²) in [5.74, 6) is 0.192. The van der Waals surface area contributed by atoms with E-state index in [4.69, 9.17) is 11.6 Å². The predicted molar refractivity (Wildman–Crippen MR) is 97.3 cm³/mol. The number of hydrogen-bond donors (Lipinski definition) is 0.